The molecule has 0 aromatic heterocycles. The van der Waals surface area contributed by atoms with Gasteiger partial charge in [0.15, 0.2) is 0 Å². The van der Waals surface area contributed by atoms with E-state index < -0.39 is 5.97 Å². The molecule has 1 aromatic carbocycles. The summed E-state index contributed by atoms with van der Waals surface area (Å²) in [6.45, 7) is 0. The number of rotatable bonds is 3. The summed E-state index contributed by atoms with van der Waals surface area (Å²) in [7, 11) is 0. The molecule has 0 radical (unpaired) electrons. The van der Waals surface area contributed by atoms with Crippen LogP contribution in [0.3, 0.4) is 0 Å². The zero-order chi connectivity index (χ0) is 14.3. The zero-order valence-electron chi connectivity index (χ0n) is 10.7. The molecule has 2 bridgehead atoms. The number of carbonyl (C=O) groups is 2. The van der Waals surface area contributed by atoms with Crippen LogP contribution >= 0.6 is 0 Å². The highest BCUT2D eigenvalue weighted by molar-refractivity contribution is 5.96. The lowest BCUT2D eigenvalue weighted by Crippen LogP contribution is -2.26. The number of carboxylic acid groups (broad SMARTS) is 1. The standard InChI is InChI=1S/C15H15NO4/c17-13-4-3-10(7-12(13)15(19)20)16-14(18)11-6-8-1-2-9(11)5-8/h1-4,7-9,11,17H,5-6H2,(H,16,18)(H,19,20). The molecule has 0 saturated heterocycles. The van der Waals surface area contributed by atoms with E-state index in [1.165, 1.54) is 18.2 Å². The molecule has 0 spiro atoms. The average Bonchev–Trinajstić information content (AvgIpc) is 3.03. The summed E-state index contributed by atoms with van der Waals surface area (Å²) in [4.78, 5) is 23.2. The van der Waals surface area contributed by atoms with Crippen LogP contribution in [0, 0.1) is 17.8 Å². The number of phenols is 1. The van der Waals surface area contributed by atoms with E-state index in [9.17, 15) is 14.7 Å². The van der Waals surface area contributed by atoms with E-state index in [4.69, 9.17) is 5.11 Å². The van der Waals surface area contributed by atoms with Gasteiger partial charge in [-0.1, -0.05) is 12.2 Å². The Balaban J connectivity index is 1.75. The molecule has 5 nitrogen and oxygen atoms in total. The minimum absolute atomic E-state index is 0.0351. The Morgan fingerprint density at radius 2 is 2.00 bits per heavy atom. The van der Waals surface area contributed by atoms with Gasteiger partial charge in [0.25, 0.3) is 0 Å². The molecule has 1 amide bonds. The number of benzene rings is 1. The van der Waals surface area contributed by atoms with Crippen LogP contribution in [0.4, 0.5) is 5.69 Å². The Morgan fingerprint density at radius 3 is 2.60 bits per heavy atom. The smallest absolute Gasteiger partial charge is 0.339 e. The van der Waals surface area contributed by atoms with Crippen molar-refractivity contribution in [3.63, 3.8) is 0 Å². The molecule has 104 valence electrons. The van der Waals surface area contributed by atoms with Crippen molar-refractivity contribution in [3.8, 4) is 5.75 Å². The van der Waals surface area contributed by atoms with Gasteiger partial charge in [-0.15, -0.1) is 0 Å². The topological polar surface area (TPSA) is 86.6 Å². The normalized spacial score (nSPS) is 26.7. The number of carboxylic acids is 1. The Morgan fingerprint density at radius 1 is 1.20 bits per heavy atom. The van der Waals surface area contributed by atoms with Crippen LogP contribution in [-0.4, -0.2) is 22.1 Å². The van der Waals surface area contributed by atoms with Crippen molar-refractivity contribution in [2.45, 2.75) is 12.8 Å². The second kappa shape index (κ2) is 4.67. The SMILES string of the molecule is O=C(O)c1cc(NC(=O)C2CC3C=CC2C3)ccc1O. The number of amides is 1. The van der Waals surface area contributed by atoms with Crippen LogP contribution in [0.1, 0.15) is 23.2 Å². The van der Waals surface area contributed by atoms with Crippen molar-refractivity contribution < 1.29 is 19.8 Å². The van der Waals surface area contributed by atoms with Gasteiger partial charge < -0.3 is 15.5 Å². The predicted octanol–water partition coefficient (Wildman–Crippen LogP) is 2.24. The lowest BCUT2D eigenvalue weighted by atomic mass is 9.93. The molecule has 2 aliphatic rings. The van der Waals surface area contributed by atoms with Gasteiger partial charge in [0.1, 0.15) is 11.3 Å². The lowest BCUT2D eigenvalue weighted by molar-refractivity contribution is -0.120. The summed E-state index contributed by atoms with van der Waals surface area (Å²) in [5.74, 6) is -0.836. The Bertz CT molecular complexity index is 608. The van der Waals surface area contributed by atoms with E-state index in [0.717, 1.165) is 12.8 Å². The fraction of sp³-hybridized carbons (Fsp3) is 0.333. The quantitative estimate of drug-likeness (QED) is 0.582. The van der Waals surface area contributed by atoms with E-state index in [0.29, 0.717) is 17.5 Å². The van der Waals surface area contributed by atoms with Gasteiger partial charge in [-0.25, -0.2) is 4.79 Å². The van der Waals surface area contributed by atoms with Crippen molar-refractivity contribution in [3.05, 3.63) is 35.9 Å². The van der Waals surface area contributed by atoms with Crippen molar-refractivity contribution in [2.75, 3.05) is 5.32 Å². The fourth-order valence-electron chi connectivity index (χ4n) is 3.10. The third kappa shape index (κ3) is 2.15. The first-order valence-corrected chi connectivity index (χ1v) is 6.60. The Labute approximate surface area is 115 Å². The largest absolute Gasteiger partial charge is 0.507 e. The van der Waals surface area contributed by atoms with Crippen molar-refractivity contribution in [2.24, 2.45) is 17.8 Å². The molecule has 3 atom stereocenters. The van der Waals surface area contributed by atoms with E-state index in [-0.39, 0.29) is 23.1 Å². The molecule has 20 heavy (non-hydrogen) atoms. The molecular formula is C15H15NO4. The van der Waals surface area contributed by atoms with Gasteiger partial charge >= 0.3 is 5.97 Å². The highest BCUT2D eigenvalue weighted by Gasteiger charge is 2.39. The number of anilines is 1. The molecule has 0 heterocycles. The summed E-state index contributed by atoms with van der Waals surface area (Å²) >= 11 is 0. The summed E-state index contributed by atoms with van der Waals surface area (Å²) < 4.78 is 0. The Kier molecular flexibility index (Phi) is 2.97. The highest BCUT2D eigenvalue weighted by atomic mass is 16.4. The zero-order valence-corrected chi connectivity index (χ0v) is 10.7. The maximum absolute atomic E-state index is 12.2. The molecule has 1 aromatic rings. The second-order valence-corrected chi connectivity index (χ2v) is 5.41. The predicted molar refractivity (Wildman–Crippen MR) is 72.5 cm³/mol. The molecule has 5 heteroatoms. The number of carbonyl (C=O) groups excluding carboxylic acids is 1. The van der Waals surface area contributed by atoms with E-state index >= 15 is 0 Å². The van der Waals surface area contributed by atoms with E-state index in [1.54, 1.807) is 0 Å². The van der Waals surface area contributed by atoms with Crippen LogP contribution in [0.15, 0.2) is 30.4 Å². The number of hydrogen-bond acceptors (Lipinski definition) is 3. The molecule has 3 N–H and O–H groups in total. The summed E-state index contributed by atoms with van der Waals surface area (Å²) in [5.41, 5.74) is 0.188. The average molecular weight is 273 g/mol. The first-order valence-electron chi connectivity index (χ1n) is 6.60. The van der Waals surface area contributed by atoms with Crippen LogP contribution in [0.5, 0.6) is 5.75 Å². The van der Waals surface area contributed by atoms with Crippen LogP contribution in [0.25, 0.3) is 0 Å². The first-order chi connectivity index (χ1) is 9.54. The van der Waals surface area contributed by atoms with Gasteiger partial charge in [-0.2, -0.15) is 0 Å². The molecular weight excluding hydrogens is 258 g/mol. The molecule has 0 aliphatic heterocycles. The molecule has 1 saturated carbocycles. The van der Waals surface area contributed by atoms with Crippen LogP contribution < -0.4 is 5.32 Å². The third-order valence-electron chi connectivity index (χ3n) is 4.11. The van der Waals surface area contributed by atoms with Crippen molar-refractivity contribution in [1.82, 2.24) is 0 Å². The maximum Gasteiger partial charge on any atom is 0.339 e. The molecule has 2 aliphatic carbocycles. The lowest BCUT2D eigenvalue weighted by Gasteiger charge is -2.17. The number of nitrogens with one attached hydrogen (secondary N) is 1. The molecule has 1 fully saturated rings. The van der Waals surface area contributed by atoms with E-state index in [1.807, 2.05) is 0 Å². The number of aromatic carboxylic acids is 1. The summed E-state index contributed by atoms with van der Waals surface area (Å²) in [5, 5.41) is 21.1. The first kappa shape index (κ1) is 12.7. The number of allylic oxidation sites excluding steroid dienone is 2. The minimum Gasteiger partial charge on any atom is -0.507 e. The fourth-order valence-corrected chi connectivity index (χ4v) is 3.10. The summed E-state index contributed by atoms with van der Waals surface area (Å²) in [6.07, 6.45) is 6.15. The molecule has 3 rings (SSSR count). The number of hydrogen-bond donors (Lipinski definition) is 3. The van der Waals surface area contributed by atoms with Gasteiger partial charge in [-0.3, -0.25) is 4.79 Å². The second-order valence-electron chi connectivity index (χ2n) is 5.41. The Hall–Kier alpha value is -2.30. The minimum atomic E-state index is -1.22. The summed E-state index contributed by atoms with van der Waals surface area (Å²) in [6, 6.07) is 4.06. The number of aromatic hydroxyl groups is 1. The van der Waals surface area contributed by atoms with E-state index in [2.05, 4.69) is 17.5 Å². The van der Waals surface area contributed by atoms with Gasteiger partial charge in [0.2, 0.25) is 5.91 Å². The third-order valence-corrected chi connectivity index (χ3v) is 4.11. The van der Waals surface area contributed by atoms with Crippen LogP contribution in [-0.2, 0) is 4.79 Å². The monoisotopic (exact) mass is 273 g/mol. The maximum atomic E-state index is 12.2. The van der Waals surface area contributed by atoms with Gasteiger partial charge in [-0.05, 0) is 42.9 Å². The number of fused-ring (bicyclic) bond motifs is 2. The van der Waals surface area contributed by atoms with Crippen LogP contribution in [0.2, 0.25) is 0 Å². The van der Waals surface area contributed by atoms with Gasteiger partial charge in [0.05, 0.1) is 0 Å². The highest BCUT2D eigenvalue weighted by Crippen LogP contribution is 2.43. The van der Waals surface area contributed by atoms with Gasteiger partial charge in [0, 0.05) is 11.6 Å². The molecule has 3 unspecified atom stereocenters. The van der Waals surface area contributed by atoms with Crippen molar-refractivity contribution >= 4 is 17.6 Å². The van der Waals surface area contributed by atoms with Crippen molar-refractivity contribution in [1.29, 1.82) is 0 Å².